The van der Waals surface area contributed by atoms with E-state index in [1.165, 1.54) is 0 Å². The van der Waals surface area contributed by atoms with Crippen LogP contribution in [0.3, 0.4) is 0 Å². The molecule has 2 aromatic carbocycles. The van der Waals surface area contributed by atoms with Crippen molar-refractivity contribution in [2.75, 3.05) is 0 Å². The van der Waals surface area contributed by atoms with E-state index in [0.717, 1.165) is 22.1 Å². The lowest BCUT2D eigenvalue weighted by molar-refractivity contribution is 0.467. The summed E-state index contributed by atoms with van der Waals surface area (Å²) in [6.45, 7) is 0. The van der Waals surface area contributed by atoms with Crippen LogP contribution in [0.2, 0.25) is 0 Å². The zero-order chi connectivity index (χ0) is 13.1. The molecule has 0 atom stereocenters. The summed E-state index contributed by atoms with van der Waals surface area (Å²) in [4.78, 5) is 4.21. The number of aromatic nitrogens is 1. The molecule has 0 saturated heterocycles. The topological polar surface area (TPSA) is 22.1 Å². The molecule has 0 amide bonds. The number of benzene rings is 2. The Hall–Kier alpha value is -2.06. The SMILES string of the molecule is ClCc1ccnc(Oc2cccc3ccccc23)c1. The van der Waals surface area contributed by atoms with Crippen LogP contribution >= 0.6 is 11.6 Å². The maximum Gasteiger partial charge on any atom is 0.219 e. The van der Waals surface area contributed by atoms with E-state index in [-0.39, 0.29) is 0 Å². The number of halogens is 1. The Morgan fingerprint density at radius 1 is 1.00 bits per heavy atom. The molecule has 0 saturated carbocycles. The molecule has 94 valence electrons. The van der Waals surface area contributed by atoms with Gasteiger partial charge >= 0.3 is 0 Å². The Labute approximate surface area is 116 Å². The molecule has 1 heterocycles. The average molecular weight is 270 g/mol. The number of hydrogen-bond acceptors (Lipinski definition) is 2. The fourth-order valence-electron chi connectivity index (χ4n) is 1.99. The maximum atomic E-state index is 5.86. The fraction of sp³-hybridized carbons (Fsp3) is 0.0625. The zero-order valence-electron chi connectivity index (χ0n) is 10.2. The van der Waals surface area contributed by atoms with Gasteiger partial charge in [0.25, 0.3) is 0 Å². The third-order valence-electron chi connectivity index (χ3n) is 2.92. The Kier molecular flexibility index (Phi) is 3.34. The minimum Gasteiger partial charge on any atom is -0.438 e. The molecule has 3 aromatic rings. The summed E-state index contributed by atoms with van der Waals surface area (Å²) in [5.74, 6) is 1.82. The van der Waals surface area contributed by atoms with E-state index in [2.05, 4.69) is 17.1 Å². The molecule has 19 heavy (non-hydrogen) atoms. The van der Waals surface area contributed by atoms with Crippen molar-refractivity contribution in [1.29, 1.82) is 0 Å². The first-order chi connectivity index (χ1) is 9.36. The highest BCUT2D eigenvalue weighted by Gasteiger charge is 2.04. The number of pyridine rings is 1. The number of alkyl halides is 1. The van der Waals surface area contributed by atoms with E-state index in [4.69, 9.17) is 16.3 Å². The molecular weight excluding hydrogens is 258 g/mol. The Morgan fingerprint density at radius 2 is 1.84 bits per heavy atom. The third kappa shape index (κ3) is 2.54. The Balaban J connectivity index is 2.01. The van der Waals surface area contributed by atoms with Crippen molar-refractivity contribution in [3.05, 3.63) is 66.4 Å². The van der Waals surface area contributed by atoms with Gasteiger partial charge in [0.1, 0.15) is 5.75 Å². The lowest BCUT2D eigenvalue weighted by Crippen LogP contribution is -1.90. The normalized spacial score (nSPS) is 10.6. The van der Waals surface area contributed by atoms with Crippen LogP contribution in [-0.2, 0) is 5.88 Å². The van der Waals surface area contributed by atoms with Crippen LogP contribution in [0.25, 0.3) is 10.8 Å². The molecule has 3 heteroatoms. The van der Waals surface area contributed by atoms with Gasteiger partial charge in [-0.1, -0.05) is 36.4 Å². The molecule has 0 N–H and O–H groups in total. The monoisotopic (exact) mass is 269 g/mol. The molecule has 0 radical (unpaired) electrons. The maximum absolute atomic E-state index is 5.86. The summed E-state index contributed by atoms with van der Waals surface area (Å²) in [5.41, 5.74) is 0.993. The molecule has 0 aliphatic carbocycles. The van der Waals surface area contributed by atoms with Crippen LogP contribution < -0.4 is 4.74 Å². The van der Waals surface area contributed by atoms with Gasteiger partial charge in [-0.2, -0.15) is 0 Å². The minimum atomic E-state index is 0.453. The van der Waals surface area contributed by atoms with Crippen molar-refractivity contribution in [1.82, 2.24) is 4.98 Å². The highest BCUT2D eigenvalue weighted by atomic mass is 35.5. The Bertz CT molecular complexity index is 706. The number of hydrogen-bond donors (Lipinski definition) is 0. The van der Waals surface area contributed by atoms with Crippen LogP contribution in [-0.4, -0.2) is 4.98 Å². The summed E-state index contributed by atoms with van der Waals surface area (Å²) in [5, 5.41) is 2.22. The average Bonchev–Trinajstić information content (AvgIpc) is 2.48. The van der Waals surface area contributed by atoms with Crippen molar-refractivity contribution < 1.29 is 4.74 Å². The Morgan fingerprint density at radius 3 is 2.74 bits per heavy atom. The van der Waals surface area contributed by atoms with Gasteiger partial charge in [-0.15, -0.1) is 11.6 Å². The first-order valence-corrected chi connectivity index (χ1v) is 6.57. The molecule has 0 bridgehead atoms. The molecule has 0 aliphatic rings. The quantitative estimate of drug-likeness (QED) is 0.639. The van der Waals surface area contributed by atoms with Crippen molar-refractivity contribution in [3.63, 3.8) is 0 Å². The van der Waals surface area contributed by atoms with Crippen molar-refractivity contribution in [3.8, 4) is 11.6 Å². The fourth-order valence-corrected chi connectivity index (χ4v) is 2.15. The van der Waals surface area contributed by atoms with Gasteiger partial charge in [-0.25, -0.2) is 4.98 Å². The van der Waals surface area contributed by atoms with Crippen LogP contribution in [0.1, 0.15) is 5.56 Å². The van der Waals surface area contributed by atoms with Gasteiger partial charge in [-0.3, -0.25) is 0 Å². The molecular formula is C16H12ClNO. The standard InChI is InChI=1S/C16H12ClNO/c17-11-12-8-9-18-16(10-12)19-15-7-3-5-13-4-1-2-6-14(13)15/h1-10H,11H2. The molecule has 0 spiro atoms. The number of nitrogens with zero attached hydrogens (tertiary/aromatic N) is 1. The van der Waals surface area contributed by atoms with Crippen LogP contribution in [0, 0.1) is 0 Å². The van der Waals surface area contributed by atoms with E-state index in [1.807, 2.05) is 42.5 Å². The lowest BCUT2D eigenvalue weighted by Gasteiger charge is -2.08. The number of ether oxygens (including phenoxy) is 1. The second kappa shape index (κ2) is 5.29. The molecule has 1 aromatic heterocycles. The second-order valence-corrected chi connectivity index (χ2v) is 4.48. The third-order valence-corrected chi connectivity index (χ3v) is 3.23. The summed E-state index contributed by atoms with van der Waals surface area (Å²) in [7, 11) is 0. The van der Waals surface area contributed by atoms with Gasteiger partial charge in [-0.05, 0) is 23.1 Å². The van der Waals surface area contributed by atoms with Gasteiger partial charge in [0, 0.05) is 23.5 Å². The summed E-state index contributed by atoms with van der Waals surface area (Å²) in [6, 6.07) is 17.8. The number of rotatable bonds is 3. The predicted octanol–water partition coefficient (Wildman–Crippen LogP) is 4.77. The molecule has 2 nitrogen and oxygen atoms in total. The summed E-state index contributed by atoms with van der Waals surface area (Å²) in [6.07, 6.45) is 1.71. The summed E-state index contributed by atoms with van der Waals surface area (Å²) < 4.78 is 5.86. The van der Waals surface area contributed by atoms with Gasteiger partial charge in [0.05, 0.1) is 0 Å². The van der Waals surface area contributed by atoms with Gasteiger partial charge < -0.3 is 4.74 Å². The van der Waals surface area contributed by atoms with E-state index >= 15 is 0 Å². The van der Waals surface area contributed by atoms with E-state index in [0.29, 0.717) is 11.8 Å². The zero-order valence-corrected chi connectivity index (χ0v) is 11.0. The van der Waals surface area contributed by atoms with Crippen LogP contribution in [0.15, 0.2) is 60.8 Å². The van der Waals surface area contributed by atoms with E-state index < -0.39 is 0 Å². The lowest BCUT2D eigenvalue weighted by atomic mass is 10.1. The highest BCUT2D eigenvalue weighted by molar-refractivity contribution is 6.17. The first-order valence-electron chi connectivity index (χ1n) is 6.03. The molecule has 0 aliphatic heterocycles. The van der Waals surface area contributed by atoms with Crippen molar-refractivity contribution in [2.45, 2.75) is 5.88 Å². The van der Waals surface area contributed by atoms with Crippen molar-refractivity contribution in [2.24, 2.45) is 0 Å². The van der Waals surface area contributed by atoms with Gasteiger partial charge in [0.2, 0.25) is 5.88 Å². The predicted molar refractivity (Wildman–Crippen MR) is 77.8 cm³/mol. The first kappa shape index (κ1) is 12.0. The number of fused-ring (bicyclic) bond motifs is 1. The minimum absolute atomic E-state index is 0.453. The van der Waals surface area contributed by atoms with Crippen LogP contribution in [0.5, 0.6) is 11.6 Å². The smallest absolute Gasteiger partial charge is 0.219 e. The van der Waals surface area contributed by atoms with Crippen molar-refractivity contribution >= 4 is 22.4 Å². The molecule has 0 unspecified atom stereocenters. The molecule has 0 fully saturated rings. The van der Waals surface area contributed by atoms with E-state index in [9.17, 15) is 0 Å². The molecule has 3 rings (SSSR count). The second-order valence-electron chi connectivity index (χ2n) is 4.22. The van der Waals surface area contributed by atoms with Gasteiger partial charge in [0.15, 0.2) is 0 Å². The van der Waals surface area contributed by atoms with E-state index in [1.54, 1.807) is 6.20 Å². The van der Waals surface area contributed by atoms with Crippen LogP contribution in [0.4, 0.5) is 0 Å². The summed E-state index contributed by atoms with van der Waals surface area (Å²) >= 11 is 5.81. The highest BCUT2D eigenvalue weighted by Crippen LogP contribution is 2.29. The largest absolute Gasteiger partial charge is 0.438 e.